The number of hydrogen-bond donors (Lipinski definition) is 1. The van der Waals surface area contributed by atoms with Crippen LogP contribution in [-0.4, -0.2) is 57.4 Å². The zero-order valence-electron chi connectivity index (χ0n) is 14.9. The van der Waals surface area contributed by atoms with E-state index in [1.54, 1.807) is 7.11 Å². The van der Waals surface area contributed by atoms with Crippen LogP contribution in [0.4, 0.5) is 0 Å². The number of piperidine rings is 1. The molecule has 0 bridgehead atoms. The molecule has 0 saturated carbocycles. The molecule has 4 rings (SSSR count). The topological polar surface area (TPSA) is 76.0 Å². The average Bonchev–Trinajstić information content (AvgIpc) is 3.30. The van der Waals surface area contributed by atoms with E-state index in [1.807, 2.05) is 46.1 Å². The minimum Gasteiger partial charge on any atom is -0.384 e. The van der Waals surface area contributed by atoms with Crippen LogP contribution < -0.4 is 0 Å². The maximum atomic E-state index is 12.8. The molecule has 26 heavy (non-hydrogen) atoms. The zero-order chi connectivity index (χ0) is 17.9. The van der Waals surface area contributed by atoms with E-state index in [0.29, 0.717) is 24.8 Å². The first-order valence-corrected chi connectivity index (χ1v) is 8.97. The number of imidazole rings is 1. The summed E-state index contributed by atoms with van der Waals surface area (Å²) in [5, 5.41) is 7.24. The van der Waals surface area contributed by atoms with Gasteiger partial charge in [0.05, 0.1) is 36.2 Å². The Balaban J connectivity index is 1.46. The molecule has 0 aliphatic carbocycles. The van der Waals surface area contributed by atoms with Crippen molar-refractivity contribution in [2.24, 2.45) is 5.92 Å². The van der Waals surface area contributed by atoms with Gasteiger partial charge < -0.3 is 14.2 Å². The van der Waals surface area contributed by atoms with Crippen LogP contribution in [0.5, 0.6) is 0 Å². The maximum Gasteiger partial charge on any atom is 0.274 e. The van der Waals surface area contributed by atoms with Gasteiger partial charge in [-0.05, 0) is 37.0 Å². The summed E-state index contributed by atoms with van der Waals surface area (Å²) in [5.74, 6) is 0.400. The Morgan fingerprint density at radius 3 is 3.15 bits per heavy atom. The molecule has 2 aromatic heterocycles. The molecule has 1 aliphatic heterocycles. The Bertz CT molecular complexity index is 898. The fraction of sp³-hybridized carbons (Fsp3) is 0.421. The Morgan fingerprint density at radius 2 is 2.27 bits per heavy atom. The molecule has 1 N–H and O–H groups in total. The van der Waals surface area contributed by atoms with Crippen LogP contribution in [0.2, 0.25) is 0 Å². The largest absolute Gasteiger partial charge is 0.384 e. The quantitative estimate of drug-likeness (QED) is 0.764. The third kappa shape index (κ3) is 3.35. The fourth-order valence-corrected chi connectivity index (χ4v) is 3.66. The number of hydrogen-bond acceptors (Lipinski definition) is 4. The minimum atomic E-state index is -0.0104. The highest BCUT2D eigenvalue weighted by atomic mass is 16.5. The van der Waals surface area contributed by atoms with E-state index in [4.69, 9.17) is 4.74 Å². The number of rotatable bonds is 5. The van der Waals surface area contributed by atoms with Crippen molar-refractivity contribution < 1.29 is 9.53 Å². The van der Waals surface area contributed by atoms with Gasteiger partial charge in [0.25, 0.3) is 5.91 Å². The maximum absolute atomic E-state index is 12.8. The zero-order valence-corrected chi connectivity index (χ0v) is 14.9. The molecule has 3 aromatic rings. The molecule has 7 nitrogen and oxygen atoms in total. The lowest BCUT2D eigenvalue weighted by Crippen LogP contribution is -2.41. The van der Waals surface area contributed by atoms with Gasteiger partial charge >= 0.3 is 0 Å². The van der Waals surface area contributed by atoms with E-state index in [0.717, 1.165) is 42.7 Å². The second kappa shape index (κ2) is 7.29. The van der Waals surface area contributed by atoms with E-state index in [-0.39, 0.29) is 5.91 Å². The highest BCUT2D eigenvalue weighted by Gasteiger charge is 2.25. The number of benzene rings is 1. The lowest BCUT2D eigenvalue weighted by Gasteiger charge is -2.31. The second-order valence-corrected chi connectivity index (χ2v) is 6.85. The Labute approximate surface area is 152 Å². The first-order chi connectivity index (χ1) is 12.7. The van der Waals surface area contributed by atoms with E-state index in [9.17, 15) is 4.79 Å². The smallest absolute Gasteiger partial charge is 0.274 e. The molecule has 0 unspecified atom stereocenters. The highest BCUT2D eigenvalue weighted by Crippen LogP contribution is 2.19. The fourth-order valence-electron chi connectivity index (χ4n) is 3.66. The van der Waals surface area contributed by atoms with E-state index >= 15 is 0 Å². The molecule has 0 spiro atoms. The van der Waals surface area contributed by atoms with Crippen molar-refractivity contribution >= 4 is 16.9 Å². The Morgan fingerprint density at radius 1 is 1.38 bits per heavy atom. The van der Waals surface area contributed by atoms with Gasteiger partial charge in [-0.1, -0.05) is 12.1 Å². The second-order valence-electron chi connectivity index (χ2n) is 6.85. The first-order valence-electron chi connectivity index (χ1n) is 8.97. The molecule has 1 aromatic carbocycles. The molecule has 1 amide bonds. The molecule has 0 radical (unpaired) electrons. The molecule has 7 heteroatoms. The van der Waals surface area contributed by atoms with E-state index in [2.05, 4.69) is 15.2 Å². The number of aromatic amines is 1. The first kappa shape index (κ1) is 16.8. The van der Waals surface area contributed by atoms with Gasteiger partial charge in [0.1, 0.15) is 5.69 Å². The van der Waals surface area contributed by atoms with Crippen molar-refractivity contribution in [1.29, 1.82) is 0 Å². The van der Waals surface area contributed by atoms with Crippen molar-refractivity contribution in [1.82, 2.24) is 24.6 Å². The molecule has 1 atom stereocenters. The molecule has 1 fully saturated rings. The number of H-pyrrole nitrogens is 1. The number of carbonyl (C=O) groups is 1. The van der Waals surface area contributed by atoms with Gasteiger partial charge in [0.2, 0.25) is 0 Å². The number of ether oxygens (including phenoxy) is 1. The van der Waals surface area contributed by atoms with Crippen LogP contribution in [0.15, 0.2) is 36.7 Å². The van der Waals surface area contributed by atoms with Gasteiger partial charge in [-0.2, -0.15) is 5.10 Å². The van der Waals surface area contributed by atoms with Gasteiger partial charge in [0, 0.05) is 20.2 Å². The summed E-state index contributed by atoms with van der Waals surface area (Å²) < 4.78 is 7.29. The normalized spacial score (nSPS) is 17.7. The Kier molecular flexibility index (Phi) is 4.71. The van der Waals surface area contributed by atoms with Crippen LogP contribution in [0, 0.1) is 5.92 Å². The van der Waals surface area contributed by atoms with Crippen molar-refractivity contribution in [2.75, 3.05) is 26.8 Å². The van der Waals surface area contributed by atoms with Gasteiger partial charge in [-0.15, -0.1) is 0 Å². The SMILES string of the molecule is COC[C@@H]1CCCN(C(=O)c2cc(Cn3cnc4ccccc43)[nH]n2)C1. The molecular formula is C19H23N5O2. The van der Waals surface area contributed by atoms with Crippen LogP contribution >= 0.6 is 0 Å². The van der Waals surface area contributed by atoms with Crippen LogP contribution in [0.1, 0.15) is 29.0 Å². The molecule has 136 valence electrons. The third-order valence-corrected chi connectivity index (χ3v) is 4.93. The van der Waals surface area contributed by atoms with Crippen molar-refractivity contribution in [3.05, 3.63) is 48.0 Å². The summed E-state index contributed by atoms with van der Waals surface area (Å²) in [7, 11) is 1.71. The number of carbonyl (C=O) groups excluding carboxylic acids is 1. The van der Waals surface area contributed by atoms with Crippen LogP contribution in [0.25, 0.3) is 11.0 Å². The Hall–Kier alpha value is -2.67. The van der Waals surface area contributed by atoms with E-state index < -0.39 is 0 Å². The van der Waals surface area contributed by atoms with Crippen molar-refractivity contribution in [3.8, 4) is 0 Å². The summed E-state index contributed by atoms with van der Waals surface area (Å²) in [6.07, 6.45) is 3.93. The predicted molar refractivity (Wildman–Crippen MR) is 97.9 cm³/mol. The number of aromatic nitrogens is 4. The molecule has 3 heterocycles. The summed E-state index contributed by atoms with van der Waals surface area (Å²) in [6.45, 7) is 2.82. The van der Waals surface area contributed by atoms with E-state index in [1.165, 1.54) is 0 Å². The number of likely N-dealkylation sites (tertiary alicyclic amines) is 1. The molecule has 1 aliphatic rings. The van der Waals surface area contributed by atoms with Gasteiger partial charge in [-0.3, -0.25) is 9.89 Å². The molecule has 1 saturated heterocycles. The number of nitrogens with zero attached hydrogens (tertiary/aromatic N) is 4. The summed E-state index contributed by atoms with van der Waals surface area (Å²) >= 11 is 0. The lowest BCUT2D eigenvalue weighted by atomic mass is 9.99. The summed E-state index contributed by atoms with van der Waals surface area (Å²) in [5.41, 5.74) is 3.39. The van der Waals surface area contributed by atoms with Crippen LogP contribution in [0.3, 0.4) is 0 Å². The minimum absolute atomic E-state index is 0.0104. The summed E-state index contributed by atoms with van der Waals surface area (Å²) in [4.78, 5) is 19.0. The van der Waals surface area contributed by atoms with Gasteiger partial charge in [-0.25, -0.2) is 4.98 Å². The number of fused-ring (bicyclic) bond motifs is 1. The third-order valence-electron chi connectivity index (χ3n) is 4.93. The lowest BCUT2D eigenvalue weighted by molar-refractivity contribution is 0.0565. The van der Waals surface area contributed by atoms with Gasteiger partial charge in [0.15, 0.2) is 0 Å². The van der Waals surface area contributed by atoms with Crippen molar-refractivity contribution in [2.45, 2.75) is 19.4 Å². The summed E-state index contributed by atoms with van der Waals surface area (Å²) in [6, 6.07) is 9.84. The number of para-hydroxylation sites is 2. The van der Waals surface area contributed by atoms with Crippen LogP contribution in [-0.2, 0) is 11.3 Å². The number of amides is 1. The standard InChI is InChI=1S/C19H23N5O2/c1-26-12-14-5-4-8-23(10-14)19(25)17-9-15(21-22-17)11-24-13-20-16-6-2-3-7-18(16)24/h2-3,6-7,9,13-14H,4-5,8,10-12H2,1H3,(H,21,22)/t14-/m1/s1. The number of nitrogens with one attached hydrogen (secondary N) is 1. The number of methoxy groups -OCH3 is 1. The monoisotopic (exact) mass is 353 g/mol. The molecular weight excluding hydrogens is 330 g/mol. The average molecular weight is 353 g/mol. The predicted octanol–water partition coefficient (Wildman–Crippen LogP) is 2.31. The highest BCUT2D eigenvalue weighted by molar-refractivity contribution is 5.92. The van der Waals surface area contributed by atoms with Crippen molar-refractivity contribution in [3.63, 3.8) is 0 Å².